The van der Waals surface area contributed by atoms with Crippen molar-refractivity contribution in [3.05, 3.63) is 53.4 Å². The Bertz CT molecular complexity index is 627. The first-order valence-corrected chi connectivity index (χ1v) is 5.97. The highest BCUT2D eigenvalue weighted by molar-refractivity contribution is 6.08. The van der Waals surface area contributed by atoms with Crippen molar-refractivity contribution in [3.63, 3.8) is 0 Å². The van der Waals surface area contributed by atoms with E-state index in [1.54, 1.807) is 36.1 Å². The highest BCUT2D eigenvalue weighted by Crippen LogP contribution is 2.18. The Morgan fingerprint density at radius 1 is 1.37 bits per heavy atom. The van der Waals surface area contributed by atoms with Gasteiger partial charge in [-0.25, -0.2) is 0 Å². The Hall–Kier alpha value is -2.36. The maximum absolute atomic E-state index is 12.1. The van der Waals surface area contributed by atoms with Crippen LogP contribution in [0.5, 0.6) is 5.75 Å². The molecule has 0 N–H and O–H groups in total. The second kappa shape index (κ2) is 5.52. The zero-order valence-corrected chi connectivity index (χ0v) is 11.3. The summed E-state index contributed by atoms with van der Waals surface area (Å²) in [6.45, 7) is 1.91. The van der Waals surface area contributed by atoms with Crippen LogP contribution in [0.15, 0.2) is 36.5 Å². The highest BCUT2D eigenvalue weighted by atomic mass is 16.5. The fourth-order valence-electron chi connectivity index (χ4n) is 1.88. The summed E-state index contributed by atoms with van der Waals surface area (Å²) in [6, 6.07) is 7.18. The van der Waals surface area contributed by atoms with Crippen molar-refractivity contribution >= 4 is 11.9 Å². The summed E-state index contributed by atoms with van der Waals surface area (Å²) in [5, 5.41) is 4.22. The van der Waals surface area contributed by atoms with E-state index in [2.05, 4.69) is 5.10 Å². The lowest BCUT2D eigenvalue weighted by Gasteiger charge is -2.04. The zero-order chi connectivity index (χ0) is 13.8. The number of hydrogen-bond acceptors (Lipinski definition) is 3. The van der Waals surface area contributed by atoms with E-state index >= 15 is 0 Å². The largest absolute Gasteiger partial charge is 0.496 e. The molecule has 0 unspecified atom stereocenters. The van der Waals surface area contributed by atoms with Crippen LogP contribution in [0, 0.1) is 6.92 Å². The third-order valence-corrected chi connectivity index (χ3v) is 2.84. The zero-order valence-electron chi connectivity index (χ0n) is 11.3. The molecule has 0 amide bonds. The minimum absolute atomic E-state index is 0.0827. The Labute approximate surface area is 112 Å². The molecule has 0 atom stereocenters. The van der Waals surface area contributed by atoms with E-state index in [1.807, 2.05) is 32.3 Å². The molecule has 1 heterocycles. The Morgan fingerprint density at radius 2 is 2.11 bits per heavy atom. The number of para-hydroxylation sites is 1. The molecule has 0 radical (unpaired) electrons. The van der Waals surface area contributed by atoms with Gasteiger partial charge in [-0.2, -0.15) is 5.10 Å². The van der Waals surface area contributed by atoms with Crippen LogP contribution in [0.2, 0.25) is 0 Å². The van der Waals surface area contributed by atoms with E-state index in [0.29, 0.717) is 11.3 Å². The van der Waals surface area contributed by atoms with E-state index in [0.717, 1.165) is 11.3 Å². The smallest absolute Gasteiger partial charge is 0.189 e. The van der Waals surface area contributed by atoms with E-state index in [4.69, 9.17) is 4.74 Å². The number of hydrogen-bond donors (Lipinski definition) is 0. The maximum Gasteiger partial charge on any atom is 0.189 e. The SMILES string of the molecule is COc1ccccc1C(=O)/C=C/c1cn(C)nc1C. The fourth-order valence-corrected chi connectivity index (χ4v) is 1.88. The number of aromatic nitrogens is 2. The van der Waals surface area contributed by atoms with Crippen LogP contribution in [0.3, 0.4) is 0 Å². The van der Waals surface area contributed by atoms with E-state index in [-0.39, 0.29) is 5.78 Å². The molecule has 0 aliphatic carbocycles. The van der Waals surface area contributed by atoms with Gasteiger partial charge in [-0.15, -0.1) is 0 Å². The molecule has 1 aromatic carbocycles. The molecule has 19 heavy (non-hydrogen) atoms. The number of rotatable bonds is 4. The van der Waals surface area contributed by atoms with Gasteiger partial charge in [0.15, 0.2) is 5.78 Å². The van der Waals surface area contributed by atoms with Crippen molar-refractivity contribution in [1.82, 2.24) is 9.78 Å². The number of ketones is 1. The van der Waals surface area contributed by atoms with E-state index < -0.39 is 0 Å². The molecular formula is C15H16N2O2. The summed E-state index contributed by atoms with van der Waals surface area (Å²) >= 11 is 0. The first-order valence-electron chi connectivity index (χ1n) is 5.97. The van der Waals surface area contributed by atoms with Gasteiger partial charge in [-0.1, -0.05) is 12.1 Å². The quantitative estimate of drug-likeness (QED) is 0.624. The monoisotopic (exact) mass is 256 g/mol. The number of benzene rings is 1. The number of ether oxygens (including phenoxy) is 1. The number of methoxy groups -OCH3 is 1. The first kappa shape index (κ1) is 13.1. The Morgan fingerprint density at radius 3 is 2.74 bits per heavy atom. The molecule has 4 nitrogen and oxygen atoms in total. The van der Waals surface area contributed by atoms with Crippen LogP contribution in [0.25, 0.3) is 6.08 Å². The van der Waals surface area contributed by atoms with Crippen molar-refractivity contribution in [2.45, 2.75) is 6.92 Å². The van der Waals surface area contributed by atoms with Gasteiger partial charge in [0, 0.05) is 18.8 Å². The topological polar surface area (TPSA) is 44.1 Å². The predicted molar refractivity (Wildman–Crippen MR) is 74.3 cm³/mol. The van der Waals surface area contributed by atoms with Crippen LogP contribution in [0.4, 0.5) is 0 Å². The lowest BCUT2D eigenvalue weighted by atomic mass is 10.1. The maximum atomic E-state index is 12.1. The standard InChI is InChI=1S/C15H16N2O2/c1-11-12(10-17(2)16-11)8-9-14(18)13-6-4-5-7-15(13)19-3/h4-10H,1-3H3/b9-8+. The summed E-state index contributed by atoms with van der Waals surface area (Å²) in [5.41, 5.74) is 2.39. The minimum atomic E-state index is -0.0827. The van der Waals surface area contributed by atoms with E-state index in [1.165, 1.54) is 0 Å². The first-order chi connectivity index (χ1) is 9.11. The molecular weight excluding hydrogens is 240 g/mol. The molecule has 0 aliphatic rings. The molecule has 1 aromatic heterocycles. The van der Waals surface area contributed by atoms with Crippen LogP contribution >= 0.6 is 0 Å². The Kier molecular flexibility index (Phi) is 3.80. The van der Waals surface area contributed by atoms with Crippen LogP contribution in [-0.4, -0.2) is 22.7 Å². The number of carbonyl (C=O) groups is 1. The normalized spacial score (nSPS) is 10.9. The van der Waals surface area contributed by atoms with Crippen LogP contribution in [-0.2, 0) is 7.05 Å². The van der Waals surface area contributed by atoms with Gasteiger partial charge >= 0.3 is 0 Å². The van der Waals surface area contributed by atoms with Gasteiger partial charge in [-0.3, -0.25) is 9.48 Å². The highest BCUT2D eigenvalue weighted by Gasteiger charge is 2.08. The van der Waals surface area contributed by atoms with Gasteiger partial charge in [0.1, 0.15) is 5.75 Å². The fraction of sp³-hybridized carbons (Fsp3) is 0.200. The number of nitrogens with zero attached hydrogens (tertiary/aromatic N) is 2. The van der Waals surface area contributed by atoms with Gasteiger partial charge in [-0.05, 0) is 31.2 Å². The average molecular weight is 256 g/mol. The van der Waals surface area contributed by atoms with E-state index in [9.17, 15) is 4.79 Å². The molecule has 0 spiro atoms. The number of carbonyl (C=O) groups excluding carboxylic acids is 1. The number of allylic oxidation sites excluding steroid dienone is 1. The van der Waals surface area contributed by atoms with Gasteiger partial charge in [0.2, 0.25) is 0 Å². The van der Waals surface area contributed by atoms with Crippen molar-refractivity contribution in [2.75, 3.05) is 7.11 Å². The van der Waals surface area contributed by atoms with Crippen molar-refractivity contribution in [1.29, 1.82) is 0 Å². The molecule has 0 fully saturated rings. The summed E-state index contributed by atoms with van der Waals surface area (Å²) in [4.78, 5) is 12.1. The van der Waals surface area contributed by atoms with Crippen LogP contribution < -0.4 is 4.74 Å². The van der Waals surface area contributed by atoms with Gasteiger partial charge in [0.25, 0.3) is 0 Å². The average Bonchev–Trinajstić information content (AvgIpc) is 2.74. The molecule has 0 aliphatic heterocycles. The molecule has 2 aromatic rings. The van der Waals surface area contributed by atoms with Crippen molar-refractivity contribution < 1.29 is 9.53 Å². The molecule has 0 bridgehead atoms. The lowest BCUT2D eigenvalue weighted by molar-refractivity contribution is 0.104. The van der Waals surface area contributed by atoms with Gasteiger partial charge < -0.3 is 4.74 Å². The van der Waals surface area contributed by atoms with Gasteiger partial charge in [0.05, 0.1) is 18.4 Å². The second-order valence-corrected chi connectivity index (χ2v) is 4.24. The molecule has 0 saturated heterocycles. The number of aryl methyl sites for hydroxylation is 2. The second-order valence-electron chi connectivity index (χ2n) is 4.24. The molecule has 2 rings (SSSR count). The predicted octanol–water partition coefficient (Wildman–Crippen LogP) is 2.63. The minimum Gasteiger partial charge on any atom is -0.496 e. The summed E-state index contributed by atoms with van der Waals surface area (Å²) < 4.78 is 6.90. The summed E-state index contributed by atoms with van der Waals surface area (Å²) in [5.74, 6) is 0.501. The molecule has 4 heteroatoms. The third kappa shape index (κ3) is 2.91. The van der Waals surface area contributed by atoms with Crippen molar-refractivity contribution in [3.8, 4) is 5.75 Å². The third-order valence-electron chi connectivity index (χ3n) is 2.84. The molecule has 98 valence electrons. The van der Waals surface area contributed by atoms with Crippen LogP contribution in [0.1, 0.15) is 21.6 Å². The van der Waals surface area contributed by atoms with Crippen molar-refractivity contribution in [2.24, 2.45) is 7.05 Å². The summed E-state index contributed by atoms with van der Waals surface area (Å²) in [6.07, 6.45) is 5.19. The Balaban J connectivity index is 2.24. The lowest BCUT2D eigenvalue weighted by Crippen LogP contribution is -1.98. The summed E-state index contributed by atoms with van der Waals surface area (Å²) in [7, 11) is 3.41. The molecule has 0 saturated carbocycles.